The number of aryl methyl sites for hydroxylation is 1. The van der Waals surface area contributed by atoms with E-state index in [-0.39, 0.29) is 5.58 Å². The summed E-state index contributed by atoms with van der Waals surface area (Å²) in [6.07, 6.45) is -4.59. The first-order chi connectivity index (χ1) is 31.3. The summed E-state index contributed by atoms with van der Waals surface area (Å²) in [5.41, 5.74) is 11.0. The molecule has 2 heterocycles. The molecule has 10 aromatic carbocycles. The Balaban J connectivity index is 0.964. The number of nitrogens with zero attached hydrogens (tertiary/aromatic N) is 1. The van der Waals surface area contributed by atoms with E-state index in [4.69, 9.17) is 8.83 Å². The van der Waals surface area contributed by atoms with Crippen molar-refractivity contribution in [2.45, 2.75) is 13.1 Å². The Hall–Kier alpha value is -8.09. The van der Waals surface area contributed by atoms with Crippen LogP contribution in [-0.4, -0.2) is 0 Å². The number of hydrogen-bond donors (Lipinski definition) is 0. The van der Waals surface area contributed by atoms with Crippen molar-refractivity contribution in [3.8, 4) is 33.4 Å². The molecule has 0 bridgehead atoms. The predicted molar refractivity (Wildman–Crippen MR) is 257 cm³/mol. The summed E-state index contributed by atoms with van der Waals surface area (Å²) < 4.78 is 56.5. The number of fused-ring (bicyclic) bond motifs is 10. The van der Waals surface area contributed by atoms with Gasteiger partial charge in [0.2, 0.25) is 0 Å². The van der Waals surface area contributed by atoms with Gasteiger partial charge in [0.05, 0.1) is 5.56 Å². The maximum Gasteiger partial charge on any atom is 0.420 e. The zero-order valence-corrected chi connectivity index (χ0v) is 34.5. The second-order valence-electron chi connectivity index (χ2n) is 16.4. The van der Waals surface area contributed by atoms with Crippen molar-refractivity contribution in [1.82, 2.24) is 0 Å². The second kappa shape index (κ2) is 14.5. The Kier molecular flexibility index (Phi) is 8.53. The van der Waals surface area contributed by atoms with E-state index in [1.165, 1.54) is 16.8 Å². The Morgan fingerprint density at radius 2 is 0.797 bits per heavy atom. The molecule has 0 aliphatic rings. The molecule has 0 atom stereocenters. The fraction of sp³-hybridized carbons (Fsp3) is 0.0345. The molecular formula is C58H36F3NO2. The van der Waals surface area contributed by atoms with Crippen LogP contribution in [0.1, 0.15) is 11.1 Å². The lowest BCUT2D eigenvalue weighted by Crippen LogP contribution is -2.09. The largest absolute Gasteiger partial charge is 0.455 e. The third-order valence-electron chi connectivity index (χ3n) is 12.6. The summed E-state index contributed by atoms with van der Waals surface area (Å²) in [5, 5.41) is 6.92. The lowest BCUT2D eigenvalue weighted by Gasteiger charge is -2.26. The third-order valence-corrected chi connectivity index (χ3v) is 12.6. The molecule has 0 radical (unpaired) electrons. The van der Waals surface area contributed by atoms with Gasteiger partial charge in [-0.2, -0.15) is 13.2 Å². The van der Waals surface area contributed by atoms with Crippen LogP contribution in [0, 0.1) is 6.92 Å². The molecule has 3 nitrogen and oxygen atoms in total. The van der Waals surface area contributed by atoms with Gasteiger partial charge in [-0.25, -0.2) is 0 Å². The van der Waals surface area contributed by atoms with Crippen LogP contribution in [0.4, 0.5) is 30.2 Å². The van der Waals surface area contributed by atoms with E-state index in [2.05, 4.69) is 121 Å². The number of halogens is 3. The van der Waals surface area contributed by atoms with Crippen molar-refractivity contribution in [1.29, 1.82) is 0 Å². The number of para-hydroxylation sites is 2. The first kappa shape index (κ1) is 37.7. The highest BCUT2D eigenvalue weighted by Crippen LogP contribution is 2.46. The molecule has 0 amide bonds. The highest BCUT2D eigenvalue weighted by molar-refractivity contribution is 6.22. The molecular weight excluding hydrogens is 800 g/mol. The van der Waals surface area contributed by atoms with Crippen LogP contribution in [-0.2, 0) is 6.18 Å². The van der Waals surface area contributed by atoms with Crippen molar-refractivity contribution in [3.63, 3.8) is 0 Å². The molecule has 0 saturated carbocycles. The van der Waals surface area contributed by atoms with Gasteiger partial charge in [0.25, 0.3) is 0 Å². The van der Waals surface area contributed by atoms with Crippen molar-refractivity contribution in [3.05, 3.63) is 211 Å². The van der Waals surface area contributed by atoms with E-state index in [9.17, 15) is 13.2 Å². The SMILES string of the molecule is Cc1cc2ccccc2c2c1oc1c(-c3ccc(N(c4ccc(-c5ccccc5)cc4)c4ccc(-c5cccc6c5oc5c(C(F)(F)F)cc7ccccc7c56)cc4)cc3)cccc12. The Labute approximate surface area is 365 Å². The van der Waals surface area contributed by atoms with Crippen LogP contribution in [0.2, 0.25) is 0 Å². The van der Waals surface area contributed by atoms with E-state index in [0.717, 1.165) is 77.8 Å². The topological polar surface area (TPSA) is 29.5 Å². The molecule has 0 aliphatic heterocycles. The molecule has 2 aromatic heterocycles. The monoisotopic (exact) mass is 835 g/mol. The number of hydrogen-bond acceptors (Lipinski definition) is 3. The normalized spacial score (nSPS) is 12.1. The van der Waals surface area contributed by atoms with Crippen LogP contribution in [0.3, 0.4) is 0 Å². The summed E-state index contributed by atoms with van der Waals surface area (Å²) in [6.45, 7) is 2.10. The number of anilines is 3. The fourth-order valence-corrected chi connectivity index (χ4v) is 9.59. The van der Waals surface area contributed by atoms with E-state index >= 15 is 0 Å². The smallest absolute Gasteiger partial charge is 0.420 e. The summed E-state index contributed by atoms with van der Waals surface area (Å²) >= 11 is 0. The molecule has 64 heavy (non-hydrogen) atoms. The molecule has 0 unspecified atom stereocenters. The minimum atomic E-state index is -4.59. The molecule has 306 valence electrons. The van der Waals surface area contributed by atoms with E-state index < -0.39 is 11.7 Å². The first-order valence-electron chi connectivity index (χ1n) is 21.2. The Bertz CT molecular complexity index is 3750. The molecule has 12 aromatic rings. The minimum absolute atomic E-state index is 0.154. The average Bonchev–Trinajstić information content (AvgIpc) is 3.93. The number of alkyl halides is 3. The highest BCUT2D eigenvalue weighted by Gasteiger charge is 2.36. The summed E-state index contributed by atoms with van der Waals surface area (Å²) in [6, 6.07) is 66.5. The zero-order valence-electron chi connectivity index (χ0n) is 34.5. The van der Waals surface area contributed by atoms with Gasteiger partial charge in [-0.3, -0.25) is 0 Å². The van der Waals surface area contributed by atoms with Gasteiger partial charge < -0.3 is 13.7 Å². The van der Waals surface area contributed by atoms with Gasteiger partial charge in [0, 0.05) is 49.7 Å². The second-order valence-corrected chi connectivity index (χ2v) is 16.4. The summed E-state index contributed by atoms with van der Waals surface area (Å²) in [5.74, 6) is 0. The average molecular weight is 836 g/mol. The summed E-state index contributed by atoms with van der Waals surface area (Å²) in [7, 11) is 0. The molecule has 0 spiro atoms. The van der Waals surface area contributed by atoms with Crippen molar-refractivity contribution < 1.29 is 22.0 Å². The Morgan fingerprint density at radius 1 is 0.375 bits per heavy atom. The van der Waals surface area contributed by atoms with Crippen LogP contribution in [0.25, 0.3) is 98.8 Å². The molecule has 0 aliphatic carbocycles. The maximum absolute atomic E-state index is 14.5. The van der Waals surface area contributed by atoms with Crippen molar-refractivity contribution in [2.24, 2.45) is 0 Å². The first-order valence-corrected chi connectivity index (χ1v) is 21.2. The lowest BCUT2D eigenvalue weighted by atomic mass is 9.97. The standard InChI is InChI=1S/C58H36F3NO2/c1-35-33-40-13-5-7-15-45(40)52-49-19-9-17-47(55(49)63-54(35)52)38-23-29-43(30-24-38)62(42-27-21-37(22-28-42)36-11-3-2-4-12-36)44-31-25-39(26-32-44)48-18-10-20-50-53-46-16-8-6-14-41(46)34-51(58(59,60)61)57(53)64-56(48)50/h2-34H,1H3. The molecule has 0 fully saturated rings. The van der Waals surface area contributed by atoms with Gasteiger partial charge in [-0.05, 0) is 105 Å². The van der Waals surface area contributed by atoms with E-state index in [0.29, 0.717) is 27.3 Å². The zero-order chi connectivity index (χ0) is 43.1. The van der Waals surface area contributed by atoms with Crippen LogP contribution in [0.15, 0.2) is 209 Å². The van der Waals surface area contributed by atoms with E-state index in [1.54, 1.807) is 12.1 Å². The molecule has 6 heteroatoms. The Morgan fingerprint density at radius 3 is 1.33 bits per heavy atom. The van der Waals surface area contributed by atoms with Crippen molar-refractivity contribution >= 4 is 82.5 Å². The quantitative estimate of drug-likeness (QED) is 0.167. The van der Waals surface area contributed by atoms with Gasteiger partial charge in [-0.1, -0.05) is 152 Å². The maximum atomic E-state index is 14.5. The highest BCUT2D eigenvalue weighted by atomic mass is 19.4. The van der Waals surface area contributed by atoms with E-state index in [1.807, 2.05) is 72.8 Å². The van der Waals surface area contributed by atoms with Crippen LogP contribution in [0.5, 0.6) is 0 Å². The molecule has 0 saturated heterocycles. The van der Waals surface area contributed by atoms with Gasteiger partial charge in [-0.15, -0.1) is 0 Å². The predicted octanol–water partition coefficient (Wildman–Crippen LogP) is 17.6. The fourth-order valence-electron chi connectivity index (χ4n) is 9.59. The van der Waals surface area contributed by atoms with Gasteiger partial charge in [0.1, 0.15) is 22.3 Å². The van der Waals surface area contributed by atoms with Gasteiger partial charge >= 0.3 is 6.18 Å². The number of benzene rings is 10. The molecule has 12 rings (SSSR count). The van der Waals surface area contributed by atoms with Crippen LogP contribution >= 0.6 is 0 Å². The van der Waals surface area contributed by atoms with Crippen molar-refractivity contribution in [2.75, 3.05) is 4.90 Å². The van der Waals surface area contributed by atoms with Crippen LogP contribution < -0.4 is 4.90 Å². The molecule has 0 N–H and O–H groups in total. The third kappa shape index (κ3) is 6.05. The van der Waals surface area contributed by atoms with Gasteiger partial charge in [0.15, 0.2) is 0 Å². The minimum Gasteiger partial charge on any atom is -0.455 e. The number of furan rings is 2. The summed E-state index contributed by atoms with van der Waals surface area (Å²) in [4.78, 5) is 2.21. The number of rotatable bonds is 6. The lowest BCUT2D eigenvalue weighted by molar-refractivity contribution is -0.136.